The molecule has 1 saturated carbocycles. The first kappa shape index (κ1) is 14.7. The third-order valence-electron chi connectivity index (χ3n) is 3.67. The van der Waals surface area contributed by atoms with Gasteiger partial charge in [0, 0.05) is 12.1 Å². The van der Waals surface area contributed by atoms with Gasteiger partial charge >= 0.3 is 0 Å². The number of methoxy groups -OCH3 is 1. The van der Waals surface area contributed by atoms with Gasteiger partial charge in [0.2, 0.25) is 0 Å². The lowest BCUT2D eigenvalue weighted by molar-refractivity contribution is -0.128. The van der Waals surface area contributed by atoms with Gasteiger partial charge in [0.15, 0.2) is 6.10 Å². The van der Waals surface area contributed by atoms with Crippen LogP contribution in [0.5, 0.6) is 11.5 Å². The Morgan fingerprint density at radius 2 is 1.95 bits per heavy atom. The van der Waals surface area contributed by atoms with Crippen molar-refractivity contribution in [2.45, 2.75) is 51.2 Å². The van der Waals surface area contributed by atoms with Gasteiger partial charge in [-0.15, -0.1) is 0 Å². The van der Waals surface area contributed by atoms with Crippen molar-refractivity contribution in [2.24, 2.45) is 0 Å². The fraction of sp³-hybridized carbons (Fsp3) is 0.562. The molecule has 0 radical (unpaired) electrons. The number of rotatable bonds is 5. The van der Waals surface area contributed by atoms with E-state index in [1.54, 1.807) is 20.1 Å². The number of benzene rings is 1. The molecule has 1 atom stereocenters. The van der Waals surface area contributed by atoms with Crippen molar-refractivity contribution < 1.29 is 14.3 Å². The minimum atomic E-state index is -0.496. The van der Waals surface area contributed by atoms with Crippen LogP contribution in [0, 0.1) is 0 Å². The molecule has 20 heavy (non-hydrogen) atoms. The monoisotopic (exact) mass is 277 g/mol. The van der Waals surface area contributed by atoms with E-state index < -0.39 is 6.10 Å². The van der Waals surface area contributed by atoms with Crippen molar-refractivity contribution in [2.75, 3.05) is 7.11 Å². The number of ether oxygens (including phenoxy) is 2. The number of carbonyl (C=O) groups excluding carboxylic acids is 1. The smallest absolute Gasteiger partial charge is 0.260 e. The zero-order chi connectivity index (χ0) is 14.4. The third kappa shape index (κ3) is 4.15. The lowest BCUT2D eigenvalue weighted by Gasteiger charge is -2.24. The highest BCUT2D eigenvalue weighted by Gasteiger charge is 2.20. The van der Waals surface area contributed by atoms with E-state index in [0.717, 1.165) is 18.6 Å². The second-order valence-corrected chi connectivity index (χ2v) is 5.28. The van der Waals surface area contributed by atoms with Gasteiger partial charge in [-0.2, -0.15) is 0 Å². The molecule has 1 aliphatic carbocycles. The van der Waals surface area contributed by atoms with Crippen LogP contribution in [0.3, 0.4) is 0 Å². The lowest BCUT2D eigenvalue weighted by Crippen LogP contribution is -2.43. The Labute approximate surface area is 120 Å². The molecular weight excluding hydrogens is 254 g/mol. The van der Waals surface area contributed by atoms with E-state index in [0.29, 0.717) is 11.8 Å². The molecule has 1 fully saturated rings. The highest BCUT2D eigenvalue weighted by atomic mass is 16.5. The standard InChI is InChI=1S/C16H23NO3/c1-12(16(18)17-13-7-4-3-5-8-13)20-15-10-6-9-14(11-15)19-2/h6,9-13H,3-5,7-8H2,1-2H3,(H,17,18). The van der Waals surface area contributed by atoms with Crippen LogP contribution in [-0.4, -0.2) is 25.2 Å². The molecule has 1 aliphatic rings. The van der Waals surface area contributed by atoms with Crippen molar-refractivity contribution in [3.05, 3.63) is 24.3 Å². The molecule has 4 heteroatoms. The number of hydrogen-bond donors (Lipinski definition) is 1. The maximum Gasteiger partial charge on any atom is 0.260 e. The van der Waals surface area contributed by atoms with Crippen LogP contribution in [-0.2, 0) is 4.79 Å². The lowest BCUT2D eigenvalue weighted by atomic mass is 9.95. The average Bonchev–Trinajstić information content (AvgIpc) is 2.48. The summed E-state index contributed by atoms with van der Waals surface area (Å²) in [5.41, 5.74) is 0. The van der Waals surface area contributed by atoms with Crippen molar-refractivity contribution in [1.82, 2.24) is 5.32 Å². The number of nitrogens with one attached hydrogen (secondary N) is 1. The summed E-state index contributed by atoms with van der Waals surface area (Å²) in [7, 11) is 1.61. The molecule has 0 heterocycles. The molecule has 1 aromatic carbocycles. The van der Waals surface area contributed by atoms with E-state index in [1.165, 1.54) is 19.3 Å². The quantitative estimate of drug-likeness (QED) is 0.900. The van der Waals surface area contributed by atoms with E-state index >= 15 is 0 Å². The van der Waals surface area contributed by atoms with Crippen LogP contribution in [0.4, 0.5) is 0 Å². The van der Waals surface area contributed by atoms with Crippen molar-refractivity contribution in [3.8, 4) is 11.5 Å². The molecule has 1 N–H and O–H groups in total. The molecular formula is C16H23NO3. The van der Waals surface area contributed by atoms with Gasteiger partial charge in [0.25, 0.3) is 5.91 Å². The largest absolute Gasteiger partial charge is 0.497 e. The fourth-order valence-electron chi connectivity index (χ4n) is 2.50. The molecule has 1 unspecified atom stereocenters. The molecule has 1 amide bonds. The van der Waals surface area contributed by atoms with Crippen molar-refractivity contribution in [3.63, 3.8) is 0 Å². The Hall–Kier alpha value is -1.71. The Morgan fingerprint density at radius 1 is 1.25 bits per heavy atom. The van der Waals surface area contributed by atoms with Gasteiger partial charge < -0.3 is 14.8 Å². The summed E-state index contributed by atoms with van der Waals surface area (Å²) >= 11 is 0. The topological polar surface area (TPSA) is 47.6 Å². The van der Waals surface area contributed by atoms with Crippen molar-refractivity contribution in [1.29, 1.82) is 0 Å². The Kier molecular flexibility index (Phi) is 5.27. The van der Waals surface area contributed by atoms with Gasteiger partial charge in [-0.1, -0.05) is 25.3 Å². The maximum absolute atomic E-state index is 12.1. The number of hydrogen-bond acceptors (Lipinski definition) is 3. The number of amides is 1. The van der Waals surface area contributed by atoms with Crippen LogP contribution in [0.1, 0.15) is 39.0 Å². The second kappa shape index (κ2) is 7.17. The van der Waals surface area contributed by atoms with Crippen molar-refractivity contribution >= 4 is 5.91 Å². The van der Waals surface area contributed by atoms with E-state index in [9.17, 15) is 4.79 Å². The summed E-state index contributed by atoms with van der Waals surface area (Å²) in [4.78, 5) is 12.1. The molecule has 0 spiro atoms. The van der Waals surface area contributed by atoms with Crippen LogP contribution < -0.4 is 14.8 Å². The highest BCUT2D eigenvalue weighted by molar-refractivity contribution is 5.81. The zero-order valence-electron chi connectivity index (χ0n) is 12.2. The predicted octanol–water partition coefficient (Wildman–Crippen LogP) is 2.91. The van der Waals surface area contributed by atoms with E-state index in [-0.39, 0.29) is 5.91 Å². The molecule has 2 rings (SSSR count). The van der Waals surface area contributed by atoms with Gasteiger partial charge in [-0.05, 0) is 31.9 Å². The minimum Gasteiger partial charge on any atom is -0.497 e. The average molecular weight is 277 g/mol. The molecule has 1 aromatic rings. The Balaban J connectivity index is 1.86. The summed E-state index contributed by atoms with van der Waals surface area (Å²) in [5.74, 6) is 1.33. The first-order valence-corrected chi connectivity index (χ1v) is 7.30. The molecule has 0 aliphatic heterocycles. The number of carbonyl (C=O) groups is 1. The van der Waals surface area contributed by atoms with Crippen LogP contribution in [0.2, 0.25) is 0 Å². The SMILES string of the molecule is COc1cccc(OC(C)C(=O)NC2CCCCC2)c1. The van der Waals surface area contributed by atoms with Gasteiger partial charge in [0.1, 0.15) is 11.5 Å². The summed E-state index contributed by atoms with van der Waals surface area (Å²) in [6.07, 6.45) is 5.35. The molecule has 4 nitrogen and oxygen atoms in total. The normalized spacial score (nSPS) is 17.3. The van der Waals surface area contributed by atoms with Crippen LogP contribution in [0.25, 0.3) is 0 Å². The Morgan fingerprint density at radius 3 is 2.65 bits per heavy atom. The summed E-state index contributed by atoms with van der Waals surface area (Å²) < 4.78 is 10.8. The summed E-state index contributed by atoms with van der Waals surface area (Å²) in [5, 5.41) is 3.07. The third-order valence-corrected chi connectivity index (χ3v) is 3.67. The molecule has 0 bridgehead atoms. The molecule has 110 valence electrons. The summed E-state index contributed by atoms with van der Waals surface area (Å²) in [6.45, 7) is 1.78. The minimum absolute atomic E-state index is 0.0419. The van der Waals surface area contributed by atoms with Crippen LogP contribution in [0.15, 0.2) is 24.3 Å². The molecule has 0 aromatic heterocycles. The maximum atomic E-state index is 12.1. The van der Waals surface area contributed by atoms with Crippen LogP contribution >= 0.6 is 0 Å². The molecule has 0 saturated heterocycles. The van der Waals surface area contributed by atoms with E-state index in [4.69, 9.17) is 9.47 Å². The summed E-state index contributed by atoms with van der Waals surface area (Å²) in [6, 6.07) is 7.62. The second-order valence-electron chi connectivity index (χ2n) is 5.28. The fourth-order valence-corrected chi connectivity index (χ4v) is 2.50. The van der Waals surface area contributed by atoms with Gasteiger partial charge in [0.05, 0.1) is 7.11 Å². The van der Waals surface area contributed by atoms with Gasteiger partial charge in [-0.25, -0.2) is 0 Å². The zero-order valence-corrected chi connectivity index (χ0v) is 12.2. The first-order valence-electron chi connectivity index (χ1n) is 7.30. The van der Waals surface area contributed by atoms with E-state index in [1.807, 2.05) is 18.2 Å². The first-order chi connectivity index (χ1) is 9.69. The predicted molar refractivity (Wildman–Crippen MR) is 78.1 cm³/mol. The Bertz CT molecular complexity index is 441. The highest BCUT2D eigenvalue weighted by Crippen LogP contribution is 2.21. The van der Waals surface area contributed by atoms with Gasteiger partial charge in [-0.3, -0.25) is 4.79 Å². The van der Waals surface area contributed by atoms with E-state index in [2.05, 4.69) is 5.32 Å².